The molecule has 116 valence electrons. The van der Waals surface area contributed by atoms with Gasteiger partial charge in [0.1, 0.15) is 5.75 Å². The van der Waals surface area contributed by atoms with E-state index in [1.807, 2.05) is 5.38 Å². The largest absolute Gasteiger partial charge is 0.507 e. The highest BCUT2D eigenvalue weighted by Crippen LogP contribution is 2.31. The zero-order valence-corrected chi connectivity index (χ0v) is 13.3. The molecule has 0 unspecified atom stereocenters. The zero-order valence-electron chi connectivity index (χ0n) is 12.5. The van der Waals surface area contributed by atoms with E-state index >= 15 is 0 Å². The van der Waals surface area contributed by atoms with Gasteiger partial charge in [-0.3, -0.25) is 4.79 Å². The van der Waals surface area contributed by atoms with E-state index in [2.05, 4.69) is 16.8 Å². The number of hydrogen-bond donors (Lipinski definition) is 2. The molecule has 22 heavy (non-hydrogen) atoms. The van der Waals surface area contributed by atoms with Gasteiger partial charge in [0, 0.05) is 24.0 Å². The van der Waals surface area contributed by atoms with Crippen molar-refractivity contribution in [2.45, 2.75) is 19.8 Å². The topological polar surface area (TPSA) is 79.4 Å². The summed E-state index contributed by atoms with van der Waals surface area (Å²) in [4.78, 5) is 18.3. The van der Waals surface area contributed by atoms with Crippen molar-refractivity contribution in [1.82, 2.24) is 4.98 Å². The number of aromatic nitrogens is 1. The molecule has 0 saturated carbocycles. The van der Waals surface area contributed by atoms with Crippen molar-refractivity contribution >= 4 is 22.4 Å². The van der Waals surface area contributed by atoms with Crippen molar-refractivity contribution in [3.63, 3.8) is 0 Å². The lowest BCUT2D eigenvalue weighted by molar-refractivity contribution is 0.0998. The molecule has 0 radical (unpaired) electrons. The van der Waals surface area contributed by atoms with Crippen LogP contribution in [0.2, 0.25) is 0 Å². The van der Waals surface area contributed by atoms with Gasteiger partial charge in [-0.05, 0) is 37.0 Å². The standard InChI is InChI=1S/C16H19N3O2S/c1-10-4-6-19(7-5-10)16-18-13(9-22-16)11-2-3-14(20)12(8-11)15(17)21/h2-3,8-10,20H,4-7H2,1H3,(H2,17,21). The second kappa shape index (κ2) is 5.96. The molecule has 0 bridgehead atoms. The monoisotopic (exact) mass is 317 g/mol. The van der Waals surface area contributed by atoms with Crippen LogP contribution in [0.3, 0.4) is 0 Å². The molecule has 1 aromatic carbocycles. The van der Waals surface area contributed by atoms with Gasteiger partial charge in [0.15, 0.2) is 5.13 Å². The van der Waals surface area contributed by atoms with Gasteiger partial charge in [-0.1, -0.05) is 6.92 Å². The summed E-state index contributed by atoms with van der Waals surface area (Å²) >= 11 is 1.61. The number of amides is 1. The third kappa shape index (κ3) is 2.92. The van der Waals surface area contributed by atoms with Gasteiger partial charge in [-0.2, -0.15) is 0 Å². The number of thiazole rings is 1. The molecule has 2 heterocycles. The zero-order chi connectivity index (χ0) is 15.7. The Morgan fingerprint density at radius 2 is 2.14 bits per heavy atom. The number of anilines is 1. The minimum Gasteiger partial charge on any atom is -0.507 e. The Bertz CT molecular complexity index is 690. The molecule has 1 aromatic heterocycles. The number of carbonyl (C=O) groups is 1. The summed E-state index contributed by atoms with van der Waals surface area (Å²) in [5, 5.41) is 12.6. The van der Waals surface area contributed by atoms with Crippen molar-refractivity contribution in [1.29, 1.82) is 0 Å². The molecule has 6 heteroatoms. The molecule has 0 spiro atoms. The number of nitrogens with two attached hydrogens (primary N) is 1. The first kappa shape index (κ1) is 14.8. The van der Waals surface area contributed by atoms with Crippen LogP contribution in [-0.2, 0) is 0 Å². The highest BCUT2D eigenvalue weighted by molar-refractivity contribution is 7.14. The smallest absolute Gasteiger partial charge is 0.252 e. The van der Waals surface area contributed by atoms with Gasteiger partial charge < -0.3 is 15.7 Å². The molecule has 5 nitrogen and oxygen atoms in total. The van der Waals surface area contributed by atoms with E-state index in [9.17, 15) is 9.90 Å². The average Bonchev–Trinajstić information content (AvgIpc) is 2.98. The van der Waals surface area contributed by atoms with E-state index < -0.39 is 5.91 Å². The third-order valence-electron chi connectivity index (χ3n) is 4.10. The second-order valence-electron chi connectivity index (χ2n) is 5.78. The number of piperidine rings is 1. The molecule has 0 aliphatic carbocycles. The minimum absolute atomic E-state index is 0.100. The fourth-order valence-electron chi connectivity index (χ4n) is 2.63. The number of primary amides is 1. The lowest BCUT2D eigenvalue weighted by Gasteiger charge is -2.29. The highest BCUT2D eigenvalue weighted by atomic mass is 32.1. The van der Waals surface area contributed by atoms with Gasteiger partial charge in [0.2, 0.25) is 0 Å². The molecule has 1 fully saturated rings. The van der Waals surface area contributed by atoms with Crippen LogP contribution in [0.25, 0.3) is 11.3 Å². The Balaban J connectivity index is 1.85. The van der Waals surface area contributed by atoms with Gasteiger partial charge in [-0.25, -0.2) is 4.98 Å². The number of rotatable bonds is 3. The predicted octanol–water partition coefficient (Wildman–Crippen LogP) is 2.85. The van der Waals surface area contributed by atoms with Gasteiger partial charge in [-0.15, -0.1) is 11.3 Å². The summed E-state index contributed by atoms with van der Waals surface area (Å²) in [6.07, 6.45) is 2.39. The lowest BCUT2D eigenvalue weighted by Crippen LogP contribution is -2.32. The molecule has 2 aromatic rings. The van der Waals surface area contributed by atoms with Crippen LogP contribution in [0.15, 0.2) is 23.6 Å². The van der Waals surface area contributed by atoms with Crippen LogP contribution in [-0.4, -0.2) is 29.1 Å². The van der Waals surface area contributed by atoms with E-state index in [1.165, 1.54) is 18.9 Å². The van der Waals surface area contributed by atoms with Gasteiger partial charge >= 0.3 is 0 Å². The number of carbonyl (C=O) groups excluding carboxylic acids is 1. The maximum atomic E-state index is 11.3. The number of benzene rings is 1. The van der Waals surface area contributed by atoms with Crippen LogP contribution in [0.4, 0.5) is 5.13 Å². The Morgan fingerprint density at radius 1 is 1.41 bits per heavy atom. The van der Waals surface area contributed by atoms with E-state index in [4.69, 9.17) is 5.73 Å². The SMILES string of the molecule is CC1CCN(c2nc(-c3ccc(O)c(C(N)=O)c3)cs2)CC1. The lowest BCUT2D eigenvalue weighted by atomic mass is 10.00. The van der Waals surface area contributed by atoms with Crippen molar-refractivity contribution in [3.8, 4) is 17.0 Å². The fourth-order valence-corrected chi connectivity index (χ4v) is 3.52. The molecule has 1 aliphatic heterocycles. The van der Waals surface area contributed by atoms with Crippen molar-refractivity contribution in [2.75, 3.05) is 18.0 Å². The Kier molecular flexibility index (Phi) is 4.02. The third-order valence-corrected chi connectivity index (χ3v) is 5.01. The summed E-state index contributed by atoms with van der Waals surface area (Å²) in [7, 11) is 0. The molecule has 1 aliphatic rings. The van der Waals surface area contributed by atoms with Crippen LogP contribution in [0.1, 0.15) is 30.1 Å². The maximum Gasteiger partial charge on any atom is 0.252 e. The average molecular weight is 317 g/mol. The maximum absolute atomic E-state index is 11.3. The fraction of sp³-hybridized carbons (Fsp3) is 0.375. The molecule has 3 rings (SSSR count). The molecule has 3 N–H and O–H groups in total. The summed E-state index contributed by atoms with van der Waals surface area (Å²) in [5.41, 5.74) is 6.99. The number of aromatic hydroxyl groups is 1. The molecule has 0 atom stereocenters. The van der Waals surface area contributed by atoms with Crippen molar-refractivity contribution < 1.29 is 9.90 Å². The summed E-state index contributed by atoms with van der Waals surface area (Å²) in [6.45, 7) is 4.36. The van der Waals surface area contributed by atoms with E-state index in [0.29, 0.717) is 0 Å². The first-order valence-electron chi connectivity index (χ1n) is 7.38. The Labute approximate surface area is 133 Å². The van der Waals surface area contributed by atoms with Crippen molar-refractivity contribution in [3.05, 3.63) is 29.1 Å². The molecular formula is C16H19N3O2S. The molecule has 1 saturated heterocycles. The van der Waals surface area contributed by atoms with Gasteiger partial charge in [0.05, 0.1) is 11.3 Å². The second-order valence-corrected chi connectivity index (χ2v) is 6.62. The van der Waals surface area contributed by atoms with Crippen LogP contribution in [0, 0.1) is 5.92 Å². The van der Waals surface area contributed by atoms with E-state index in [0.717, 1.165) is 35.4 Å². The highest BCUT2D eigenvalue weighted by Gasteiger charge is 2.19. The quantitative estimate of drug-likeness (QED) is 0.912. The van der Waals surface area contributed by atoms with Crippen LogP contribution >= 0.6 is 11.3 Å². The number of phenols is 1. The Hall–Kier alpha value is -2.08. The number of nitrogens with zero attached hydrogens (tertiary/aromatic N) is 2. The molecule has 1 amide bonds. The normalized spacial score (nSPS) is 16.0. The minimum atomic E-state index is -0.639. The predicted molar refractivity (Wildman–Crippen MR) is 88.3 cm³/mol. The van der Waals surface area contributed by atoms with Crippen LogP contribution < -0.4 is 10.6 Å². The Morgan fingerprint density at radius 3 is 2.82 bits per heavy atom. The molecular weight excluding hydrogens is 298 g/mol. The first-order chi connectivity index (χ1) is 10.5. The van der Waals surface area contributed by atoms with E-state index in [1.54, 1.807) is 23.5 Å². The van der Waals surface area contributed by atoms with Crippen LogP contribution in [0.5, 0.6) is 5.75 Å². The number of hydrogen-bond acceptors (Lipinski definition) is 5. The van der Waals surface area contributed by atoms with E-state index in [-0.39, 0.29) is 11.3 Å². The van der Waals surface area contributed by atoms with Gasteiger partial charge in [0.25, 0.3) is 5.91 Å². The van der Waals surface area contributed by atoms with Crippen molar-refractivity contribution in [2.24, 2.45) is 11.7 Å². The summed E-state index contributed by atoms with van der Waals surface area (Å²) < 4.78 is 0. The summed E-state index contributed by atoms with van der Waals surface area (Å²) in [6, 6.07) is 4.82. The summed E-state index contributed by atoms with van der Waals surface area (Å²) in [5.74, 6) is 0.0439. The first-order valence-corrected chi connectivity index (χ1v) is 8.26.